The summed E-state index contributed by atoms with van der Waals surface area (Å²) in [5, 5.41) is 13.3. The minimum absolute atomic E-state index is 0.259. The maximum atomic E-state index is 11.3. The lowest BCUT2D eigenvalue weighted by Crippen LogP contribution is -2.05. The number of hydrogen-bond donors (Lipinski definition) is 1. The predicted octanol–water partition coefficient (Wildman–Crippen LogP) is 2.28. The Morgan fingerprint density at radius 2 is 2.17 bits per heavy atom. The zero-order valence-corrected chi connectivity index (χ0v) is 11.2. The van der Waals surface area contributed by atoms with Gasteiger partial charge in [0, 0.05) is 23.8 Å². The van der Waals surface area contributed by atoms with Gasteiger partial charge in [0.1, 0.15) is 0 Å². The van der Waals surface area contributed by atoms with Gasteiger partial charge in [-0.25, -0.2) is 4.79 Å². The van der Waals surface area contributed by atoms with Gasteiger partial charge in [0.25, 0.3) is 0 Å². The molecule has 2 aromatic heterocycles. The van der Waals surface area contributed by atoms with Gasteiger partial charge in [-0.3, -0.25) is 9.67 Å². The van der Waals surface area contributed by atoms with Crippen LogP contribution < -0.4 is 0 Å². The summed E-state index contributed by atoms with van der Waals surface area (Å²) in [7, 11) is 1.82. The number of aryl methyl sites for hydroxylation is 3. The van der Waals surface area contributed by atoms with E-state index in [1.807, 2.05) is 20.2 Å². The van der Waals surface area contributed by atoms with Gasteiger partial charge in [0.15, 0.2) is 0 Å². The Morgan fingerprint density at radius 1 is 1.44 bits per heavy atom. The van der Waals surface area contributed by atoms with E-state index in [1.165, 1.54) is 11.8 Å². The summed E-state index contributed by atoms with van der Waals surface area (Å²) in [6, 6.07) is 1.79. The Morgan fingerprint density at radius 3 is 2.72 bits per heavy atom. The van der Waals surface area contributed by atoms with Crippen LogP contribution in [0, 0.1) is 13.8 Å². The third kappa shape index (κ3) is 2.53. The van der Waals surface area contributed by atoms with Crippen LogP contribution in [0.15, 0.2) is 28.3 Å². The van der Waals surface area contributed by atoms with E-state index >= 15 is 0 Å². The fraction of sp³-hybridized carbons (Fsp3) is 0.250. The van der Waals surface area contributed by atoms with Gasteiger partial charge < -0.3 is 5.11 Å². The van der Waals surface area contributed by atoms with E-state index in [4.69, 9.17) is 0 Å². The highest BCUT2D eigenvalue weighted by atomic mass is 32.2. The molecule has 0 fully saturated rings. The molecule has 0 aliphatic heterocycles. The molecule has 0 aromatic carbocycles. The topological polar surface area (TPSA) is 68.0 Å². The smallest absolute Gasteiger partial charge is 0.338 e. The molecule has 0 amide bonds. The second-order valence-electron chi connectivity index (χ2n) is 3.98. The Balaban J connectivity index is 2.45. The first-order valence-corrected chi connectivity index (χ1v) is 6.17. The highest BCUT2D eigenvalue weighted by Gasteiger charge is 2.16. The van der Waals surface area contributed by atoms with Crippen LogP contribution in [0.2, 0.25) is 0 Å². The summed E-state index contributed by atoms with van der Waals surface area (Å²) in [6.07, 6.45) is 3.56. The molecule has 0 radical (unpaired) electrons. The van der Waals surface area contributed by atoms with Crippen molar-refractivity contribution in [3.8, 4) is 0 Å². The lowest BCUT2D eigenvalue weighted by molar-refractivity contribution is 0.0691. The molecule has 0 bridgehead atoms. The minimum atomic E-state index is -0.952. The molecule has 6 heteroatoms. The third-order valence-electron chi connectivity index (χ3n) is 2.42. The van der Waals surface area contributed by atoms with Gasteiger partial charge in [0.2, 0.25) is 0 Å². The van der Waals surface area contributed by atoms with Crippen molar-refractivity contribution in [2.45, 2.75) is 23.6 Å². The second-order valence-corrected chi connectivity index (χ2v) is 5.09. The van der Waals surface area contributed by atoms with E-state index in [0.29, 0.717) is 10.6 Å². The molecule has 0 unspecified atom stereocenters. The highest BCUT2D eigenvalue weighted by molar-refractivity contribution is 7.99. The molecule has 2 aromatic rings. The zero-order chi connectivity index (χ0) is 13.3. The molecular formula is C12H13N3O2S. The number of pyridine rings is 1. The Labute approximate surface area is 109 Å². The summed E-state index contributed by atoms with van der Waals surface area (Å²) >= 11 is 1.39. The minimum Gasteiger partial charge on any atom is -0.478 e. The predicted molar refractivity (Wildman–Crippen MR) is 68.0 cm³/mol. The number of carboxylic acids is 1. The molecule has 0 saturated carbocycles. The normalized spacial score (nSPS) is 10.6. The van der Waals surface area contributed by atoms with Crippen LogP contribution in [0.3, 0.4) is 0 Å². The van der Waals surface area contributed by atoms with Crippen LogP contribution in [-0.2, 0) is 7.05 Å². The van der Waals surface area contributed by atoms with Gasteiger partial charge >= 0.3 is 5.97 Å². The number of hydrogen-bond acceptors (Lipinski definition) is 4. The summed E-state index contributed by atoms with van der Waals surface area (Å²) in [5.74, 6) is -0.952. The molecule has 2 heterocycles. The molecule has 0 aliphatic rings. The van der Waals surface area contributed by atoms with Crippen molar-refractivity contribution in [3.05, 3.63) is 35.4 Å². The molecule has 0 spiro atoms. The van der Waals surface area contributed by atoms with Crippen molar-refractivity contribution < 1.29 is 9.90 Å². The van der Waals surface area contributed by atoms with Crippen LogP contribution in [0.25, 0.3) is 0 Å². The van der Waals surface area contributed by atoms with Crippen molar-refractivity contribution in [2.24, 2.45) is 7.05 Å². The SMILES string of the molecule is Cc1cc(Sc2cnn(C)c2)c(C(=O)O)c(C)n1. The first-order chi connectivity index (χ1) is 8.47. The first-order valence-electron chi connectivity index (χ1n) is 5.35. The van der Waals surface area contributed by atoms with E-state index in [1.54, 1.807) is 23.9 Å². The quantitative estimate of drug-likeness (QED) is 0.920. The summed E-state index contributed by atoms with van der Waals surface area (Å²) in [5.41, 5.74) is 1.60. The number of aromatic nitrogens is 3. The molecule has 1 N–H and O–H groups in total. The molecule has 0 atom stereocenters. The average molecular weight is 263 g/mol. The zero-order valence-electron chi connectivity index (χ0n) is 10.3. The van der Waals surface area contributed by atoms with E-state index in [2.05, 4.69) is 10.1 Å². The molecule has 5 nitrogen and oxygen atoms in total. The average Bonchev–Trinajstić information content (AvgIpc) is 2.62. The number of aromatic carboxylic acids is 1. The van der Waals surface area contributed by atoms with Gasteiger partial charge in [-0.15, -0.1) is 0 Å². The molecule has 0 saturated heterocycles. The molecule has 2 rings (SSSR count). The lowest BCUT2D eigenvalue weighted by atomic mass is 10.2. The Kier molecular flexibility index (Phi) is 3.38. The van der Waals surface area contributed by atoms with Crippen molar-refractivity contribution in [1.82, 2.24) is 14.8 Å². The molecular weight excluding hydrogens is 250 g/mol. The number of carbonyl (C=O) groups is 1. The fourth-order valence-electron chi connectivity index (χ4n) is 1.71. The van der Waals surface area contributed by atoms with Crippen molar-refractivity contribution >= 4 is 17.7 Å². The lowest BCUT2D eigenvalue weighted by Gasteiger charge is -2.08. The maximum absolute atomic E-state index is 11.3. The number of carboxylic acid groups (broad SMARTS) is 1. The van der Waals surface area contributed by atoms with Gasteiger partial charge in [-0.2, -0.15) is 5.10 Å². The van der Waals surface area contributed by atoms with Crippen molar-refractivity contribution in [2.75, 3.05) is 0 Å². The standard InChI is InChI=1S/C12H13N3O2S/c1-7-4-10(11(12(16)17)8(2)14-7)18-9-5-13-15(3)6-9/h4-6H,1-3H3,(H,16,17). The van der Waals surface area contributed by atoms with E-state index in [-0.39, 0.29) is 5.56 Å². The first kappa shape index (κ1) is 12.6. The fourth-order valence-corrected chi connectivity index (χ4v) is 2.84. The Hall–Kier alpha value is -1.82. The molecule has 94 valence electrons. The Bertz CT molecular complexity index is 607. The van der Waals surface area contributed by atoms with Crippen LogP contribution in [0.1, 0.15) is 21.7 Å². The van der Waals surface area contributed by atoms with Crippen molar-refractivity contribution in [1.29, 1.82) is 0 Å². The summed E-state index contributed by atoms with van der Waals surface area (Å²) < 4.78 is 1.68. The number of rotatable bonds is 3. The maximum Gasteiger partial charge on any atom is 0.338 e. The van der Waals surface area contributed by atoms with Gasteiger partial charge in [0.05, 0.1) is 22.3 Å². The van der Waals surface area contributed by atoms with Crippen LogP contribution in [0.4, 0.5) is 0 Å². The molecule has 18 heavy (non-hydrogen) atoms. The van der Waals surface area contributed by atoms with E-state index in [0.717, 1.165) is 10.6 Å². The van der Waals surface area contributed by atoms with Crippen LogP contribution >= 0.6 is 11.8 Å². The monoisotopic (exact) mass is 263 g/mol. The highest BCUT2D eigenvalue weighted by Crippen LogP contribution is 2.31. The van der Waals surface area contributed by atoms with E-state index < -0.39 is 5.97 Å². The van der Waals surface area contributed by atoms with Crippen molar-refractivity contribution in [3.63, 3.8) is 0 Å². The largest absolute Gasteiger partial charge is 0.478 e. The van der Waals surface area contributed by atoms with E-state index in [9.17, 15) is 9.90 Å². The van der Waals surface area contributed by atoms with Crippen LogP contribution in [0.5, 0.6) is 0 Å². The summed E-state index contributed by atoms with van der Waals surface area (Å²) in [4.78, 5) is 17.1. The molecule has 0 aliphatic carbocycles. The van der Waals surface area contributed by atoms with Crippen LogP contribution in [-0.4, -0.2) is 25.8 Å². The van der Waals surface area contributed by atoms with Gasteiger partial charge in [-0.05, 0) is 19.9 Å². The third-order valence-corrected chi connectivity index (χ3v) is 3.40. The summed E-state index contributed by atoms with van der Waals surface area (Å²) in [6.45, 7) is 3.57. The van der Waals surface area contributed by atoms with Gasteiger partial charge in [-0.1, -0.05) is 11.8 Å². The number of nitrogens with zero attached hydrogens (tertiary/aromatic N) is 3. The second kappa shape index (κ2) is 4.81.